The molecule has 0 saturated heterocycles. The molecule has 0 aliphatic heterocycles. The van der Waals surface area contributed by atoms with Gasteiger partial charge in [0.1, 0.15) is 11.6 Å². The summed E-state index contributed by atoms with van der Waals surface area (Å²) >= 11 is 0. The second-order valence-electron chi connectivity index (χ2n) is 4.30. The Morgan fingerprint density at radius 3 is 2.53 bits per heavy atom. The maximum atomic E-state index is 11.6. The molecule has 0 spiro atoms. The minimum atomic E-state index is -0.592. The van der Waals surface area contributed by atoms with Gasteiger partial charge in [-0.2, -0.15) is 0 Å². The molecule has 1 atom stereocenters. The summed E-state index contributed by atoms with van der Waals surface area (Å²) in [6, 6.07) is -0.592. The summed E-state index contributed by atoms with van der Waals surface area (Å²) in [4.78, 5) is 21.9. The van der Waals surface area contributed by atoms with Crippen molar-refractivity contribution in [1.29, 1.82) is 0 Å². The molecule has 0 aromatic carbocycles. The first-order valence-corrected chi connectivity index (χ1v) is 5.03. The van der Waals surface area contributed by atoms with Crippen LogP contribution in [-0.2, 0) is 14.3 Å². The van der Waals surface area contributed by atoms with Crippen molar-refractivity contribution < 1.29 is 14.3 Å². The summed E-state index contributed by atoms with van der Waals surface area (Å²) in [6.45, 7) is 5.84. The van der Waals surface area contributed by atoms with Gasteiger partial charge < -0.3 is 15.8 Å². The average Bonchev–Trinajstić information content (AvgIpc) is 2.09. The SMILES string of the molecule is CC(C)(C)OC(=O)C(CCCN)NC=O. The van der Waals surface area contributed by atoms with Crippen LogP contribution in [0.15, 0.2) is 0 Å². The first-order valence-electron chi connectivity index (χ1n) is 5.03. The summed E-state index contributed by atoms with van der Waals surface area (Å²) in [5, 5.41) is 2.43. The van der Waals surface area contributed by atoms with Crippen LogP contribution in [0.4, 0.5) is 0 Å². The van der Waals surface area contributed by atoms with Crippen LogP contribution in [0.5, 0.6) is 0 Å². The van der Waals surface area contributed by atoms with Crippen LogP contribution in [0.2, 0.25) is 0 Å². The highest BCUT2D eigenvalue weighted by atomic mass is 16.6. The van der Waals surface area contributed by atoms with Crippen molar-refractivity contribution in [1.82, 2.24) is 5.32 Å². The van der Waals surface area contributed by atoms with E-state index < -0.39 is 17.6 Å². The number of esters is 1. The van der Waals surface area contributed by atoms with Gasteiger partial charge in [-0.05, 0) is 40.2 Å². The second kappa shape index (κ2) is 6.40. The highest BCUT2D eigenvalue weighted by Crippen LogP contribution is 2.10. The Kier molecular flexibility index (Phi) is 5.93. The quantitative estimate of drug-likeness (QED) is 0.490. The van der Waals surface area contributed by atoms with Gasteiger partial charge in [-0.15, -0.1) is 0 Å². The van der Waals surface area contributed by atoms with Crippen LogP contribution < -0.4 is 11.1 Å². The lowest BCUT2D eigenvalue weighted by molar-refractivity contribution is -0.158. The monoisotopic (exact) mass is 216 g/mol. The first kappa shape index (κ1) is 13.9. The lowest BCUT2D eigenvalue weighted by Gasteiger charge is -2.23. The Morgan fingerprint density at radius 1 is 1.53 bits per heavy atom. The van der Waals surface area contributed by atoms with Crippen molar-refractivity contribution in [3.63, 3.8) is 0 Å². The zero-order valence-electron chi connectivity index (χ0n) is 9.58. The zero-order valence-corrected chi connectivity index (χ0v) is 9.58. The zero-order chi connectivity index (χ0) is 11.9. The molecular formula is C10H20N2O3. The van der Waals surface area contributed by atoms with Crippen molar-refractivity contribution in [3.8, 4) is 0 Å². The predicted octanol–water partition coefficient (Wildman–Crippen LogP) is 0.182. The van der Waals surface area contributed by atoms with Gasteiger partial charge in [-0.25, -0.2) is 4.79 Å². The lowest BCUT2D eigenvalue weighted by atomic mass is 10.1. The van der Waals surface area contributed by atoms with E-state index in [0.29, 0.717) is 25.8 Å². The predicted molar refractivity (Wildman–Crippen MR) is 57.1 cm³/mol. The van der Waals surface area contributed by atoms with Crippen molar-refractivity contribution in [3.05, 3.63) is 0 Å². The van der Waals surface area contributed by atoms with E-state index in [1.165, 1.54) is 0 Å². The highest BCUT2D eigenvalue weighted by Gasteiger charge is 2.23. The molecule has 0 saturated carbocycles. The molecular weight excluding hydrogens is 196 g/mol. The van der Waals surface area contributed by atoms with Gasteiger partial charge in [0.05, 0.1) is 0 Å². The van der Waals surface area contributed by atoms with Gasteiger partial charge in [-0.3, -0.25) is 4.79 Å². The molecule has 5 nitrogen and oxygen atoms in total. The van der Waals surface area contributed by atoms with Crippen molar-refractivity contribution >= 4 is 12.4 Å². The van der Waals surface area contributed by atoms with Crippen LogP contribution in [0.25, 0.3) is 0 Å². The third kappa shape index (κ3) is 6.90. The second-order valence-corrected chi connectivity index (χ2v) is 4.30. The molecule has 88 valence electrons. The van der Waals surface area contributed by atoms with Gasteiger partial charge in [-0.1, -0.05) is 0 Å². The van der Waals surface area contributed by atoms with E-state index in [1.54, 1.807) is 20.8 Å². The number of hydrogen-bond acceptors (Lipinski definition) is 4. The normalized spacial score (nSPS) is 13.1. The molecule has 0 radical (unpaired) electrons. The van der Waals surface area contributed by atoms with E-state index in [-0.39, 0.29) is 0 Å². The standard InChI is InChI=1S/C10H20N2O3/c1-10(2,3)15-9(14)8(12-7-13)5-4-6-11/h7-8H,4-6,11H2,1-3H3,(H,12,13). The Hall–Kier alpha value is -1.10. The number of carbonyl (C=O) groups excluding carboxylic acids is 2. The summed E-state index contributed by atoms with van der Waals surface area (Å²) in [6.07, 6.45) is 1.68. The third-order valence-electron chi connectivity index (χ3n) is 1.66. The molecule has 0 fully saturated rings. The Bertz CT molecular complexity index is 211. The maximum absolute atomic E-state index is 11.6. The van der Waals surface area contributed by atoms with E-state index in [9.17, 15) is 9.59 Å². The molecule has 0 aromatic rings. The fraction of sp³-hybridized carbons (Fsp3) is 0.800. The third-order valence-corrected chi connectivity index (χ3v) is 1.66. The molecule has 0 aromatic heterocycles. The molecule has 15 heavy (non-hydrogen) atoms. The summed E-state index contributed by atoms with van der Waals surface area (Å²) in [5.74, 6) is -0.414. The van der Waals surface area contributed by atoms with Crippen molar-refractivity contribution in [2.45, 2.75) is 45.3 Å². The average molecular weight is 216 g/mol. The Morgan fingerprint density at radius 2 is 2.13 bits per heavy atom. The fourth-order valence-corrected chi connectivity index (χ4v) is 1.05. The summed E-state index contributed by atoms with van der Waals surface area (Å²) < 4.78 is 5.15. The summed E-state index contributed by atoms with van der Waals surface area (Å²) in [5.41, 5.74) is 4.79. The van der Waals surface area contributed by atoms with Gasteiger partial charge in [0.2, 0.25) is 6.41 Å². The minimum Gasteiger partial charge on any atom is -0.458 e. The molecule has 1 unspecified atom stereocenters. The van der Waals surface area contributed by atoms with E-state index in [2.05, 4.69) is 5.32 Å². The molecule has 0 bridgehead atoms. The van der Waals surface area contributed by atoms with E-state index in [0.717, 1.165) is 0 Å². The number of rotatable bonds is 6. The van der Waals surface area contributed by atoms with Gasteiger partial charge in [0, 0.05) is 0 Å². The number of nitrogens with one attached hydrogen (secondary N) is 1. The molecule has 3 N–H and O–H groups in total. The Labute approximate surface area is 90.4 Å². The van der Waals surface area contributed by atoms with Crippen LogP contribution in [-0.4, -0.2) is 30.6 Å². The van der Waals surface area contributed by atoms with Gasteiger partial charge >= 0.3 is 5.97 Å². The van der Waals surface area contributed by atoms with Crippen LogP contribution >= 0.6 is 0 Å². The van der Waals surface area contributed by atoms with Crippen LogP contribution in [0.1, 0.15) is 33.6 Å². The topological polar surface area (TPSA) is 81.4 Å². The number of hydrogen-bond donors (Lipinski definition) is 2. The van der Waals surface area contributed by atoms with Crippen molar-refractivity contribution in [2.75, 3.05) is 6.54 Å². The van der Waals surface area contributed by atoms with E-state index in [4.69, 9.17) is 10.5 Å². The van der Waals surface area contributed by atoms with E-state index >= 15 is 0 Å². The number of amides is 1. The smallest absolute Gasteiger partial charge is 0.329 e. The fourth-order valence-electron chi connectivity index (χ4n) is 1.05. The largest absolute Gasteiger partial charge is 0.458 e. The molecule has 0 aliphatic rings. The number of ether oxygens (including phenoxy) is 1. The molecule has 0 heterocycles. The lowest BCUT2D eigenvalue weighted by Crippen LogP contribution is -2.41. The Balaban J connectivity index is 4.21. The van der Waals surface area contributed by atoms with E-state index in [1.807, 2.05) is 0 Å². The van der Waals surface area contributed by atoms with Gasteiger partial charge in [0.15, 0.2) is 0 Å². The summed E-state index contributed by atoms with van der Waals surface area (Å²) in [7, 11) is 0. The first-order chi connectivity index (χ1) is 6.90. The molecule has 0 rings (SSSR count). The van der Waals surface area contributed by atoms with Crippen LogP contribution in [0.3, 0.4) is 0 Å². The minimum absolute atomic E-state index is 0.414. The van der Waals surface area contributed by atoms with Crippen LogP contribution in [0, 0.1) is 0 Å². The van der Waals surface area contributed by atoms with Gasteiger partial charge in [0.25, 0.3) is 0 Å². The van der Waals surface area contributed by atoms with Crippen molar-refractivity contribution in [2.24, 2.45) is 5.73 Å². The maximum Gasteiger partial charge on any atom is 0.329 e. The highest BCUT2D eigenvalue weighted by molar-refractivity contribution is 5.78. The molecule has 0 aliphatic carbocycles. The molecule has 1 amide bonds. The number of carbonyl (C=O) groups is 2. The number of nitrogens with two attached hydrogens (primary N) is 1. The molecule has 5 heteroatoms.